The first-order valence-electron chi connectivity index (χ1n) is 12.2. The molecule has 4 bridgehead atoms. The standard InChI is InChI=1S/C26H26Cl4N2O2/c1-12(33-31-19-6-2-4-13-15-8-10-17(21(13)19)23(15)25(27)28)34-32-20-7-3-5-14-16-9-11-18(22(14)20)24(16)26(29)30/h15-18H,1-11H2/b31-19+,32-20+. The minimum Gasteiger partial charge on any atom is -0.316 e. The summed E-state index contributed by atoms with van der Waals surface area (Å²) in [6.45, 7) is 3.88. The van der Waals surface area contributed by atoms with Gasteiger partial charge in [-0.2, -0.15) is 0 Å². The number of oxime groups is 2. The topological polar surface area (TPSA) is 43.2 Å². The Hall–Kier alpha value is -1.20. The maximum atomic E-state index is 6.23. The van der Waals surface area contributed by atoms with E-state index in [9.17, 15) is 0 Å². The third-order valence-electron chi connectivity index (χ3n) is 8.51. The first kappa shape index (κ1) is 23.2. The van der Waals surface area contributed by atoms with Gasteiger partial charge in [-0.1, -0.05) is 67.9 Å². The van der Waals surface area contributed by atoms with E-state index in [-0.39, 0.29) is 17.8 Å². The predicted octanol–water partition coefficient (Wildman–Crippen LogP) is 8.62. The molecule has 6 rings (SSSR count). The molecule has 0 heterocycles. The zero-order valence-corrected chi connectivity index (χ0v) is 21.8. The second-order valence-electron chi connectivity index (χ2n) is 10.0. The van der Waals surface area contributed by atoms with Crippen LogP contribution in [0.5, 0.6) is 0 Å². The van der Waals surface area contributed by atoms with E-state index in [1.54, 1.807) is 0 Å². The van der Waals surface area contributed by atoms with Crippen LogP contribution >= 0.6 is 46.4 Å². The molecule has 0 radical (unpaired) electrons. The number of fused-ring (bicyclic) bond motifs is 8. The second-order valence-corrected chi connectivity index (χ2v) is 11.9. The maximum absolute atomic E-state index is 6.23. The fourth-order valence-electron chi connectivity index (χ4n) is 7.42. The molecule has 2 fully saturated rings. The Kier molecular flexibility index (Phi) is 6.17. The lowest BCUT2D eigenvalue weighted by Crippen LogP contribution is -2.18. The Labute approximate surface area is 220 Å². The minimum atomic E-state index is 0.0732. The molecule has 8 heteroatoms. The number of nitrogens with zero attached hydrogens (tertiary/aromatic N) is 2. The highest BCUT2D eigenvalue weighted by Crippen LogP contribution is 2.59. The Morgan fingerprint density at radius 2 is 1.06 bits per heavy atom. The number of hydrogen-bond acceptors (Lipinski definition) is 4. The average molecular weight is 540 g/mol. The third kappa shape index (κ3) is 3.63. The van der Waals surface area contributed by atoms with E-state index in [0.29, 0.717) is 20.8 Å². The molecule has 6 aliphatic carbocycles. The molecule has 0 N–H and O–H groups in total. The first-order chi connectivity index (χ1) is 16.5. The van der Waals surface area contributed by atoms with Crippen molar-refractivity contribution in [2.45, 2.75) is 64.2 Å². The van der Waals surface area contributed by atoms with Crippen molar-refractivity contribution < 1.29 is 9.68 Å². The lowest BCUT2D eigenvalue weighted by atomic mass is 9.81. The number of hydrogen-bond donors (Lipinski definition) is 0. The van der Waals surface area contributed by atoms with Gasteiger partial charge in [0.05, 0.1) is 11.4 Å². The van der Waals surface area contributed by atoms with Crippen LogP contribution in [0.4, 0.5) is 0 Å². The van der Waals surface area contributed by atoms with Crippen molar-refractivity contribution in [3.8, 4) is 0 Å². The molecule has 180 valence electrons. The Morgan fingerprint density at radius 3 is 1.47 bits per heavy atom. The summed E-state index contributed by atoms with van der Waals surface area (Å²) < 4.78 is 0.835. The molecular formula is C26H26Cl4N2O2. The SMILES string of the molecule is C=C(O/N=C1\CCCC2=C1C1CCC2C1=C(Cl)Cl)O/N=C1\CCCC2=C1C1CCC2C1=C(Cl)Cl. The molecule has 4 unspecified atom stereocenters. The van der Waals surface area contributed by atoms with Gasteiger partial charge in [0.1, 0.15) is 8.98 Å². The van der Waals surface area contributed by atoms with E-state index in [0.717, 1.165) is 75.6 Å². The molecule has 0 amide bonds. The maximum Gasteiger partial charge on any atom is 0.330 e. The molecule has 4 nitrogen and oxygen atoms in total. The van der Waals surface area contributed by atoms with Gasteiger partial charge in [0, 0.05) is 23.7 Å². The quantitative estimate of drug-likeness (QED) is 0.265. The summed E-state index contributed by atoms with van der Waals surface area (Å²) in [5, 5.41) is 8.89. The summed E-state index contributed by atoms with van der Waals surface area (Å²) in [5.74, 6) is 1.35. The van der Waals surface area contributed by atoms with Crippen molar-refractivity contribution in [1.29, 1.82) is 0 Å². The average Bonchev–Trinajstić information content (AvgIpc) is 3.59. The highest BCUT2D eigenvalue weighted by molar-refractivity contribution is 6.56. The molecule has 0 aromatic rings. The van der Waals surface area contributed by atoms with Gasteiger partial charge in [-0.25, -0.2) is 0 Å². The molecule has 34 heavy (non-hydrogen) atoms. The summed E-state index contributed by atoms with van der Waals surface area (Å²) in [4.78, 5) is 11.2. The van der Waals surface area contributed by atoms with E-state index >= 15 is 0 Å². The van der Waals surface area contributed by atoms with E-state index in [2.05, 4.69) is 16.9 Å². The van der Waals surface area contributed by atoms with Gasteiger partial charge in [0.25, 0.3) is 0 Å². The minimum absolute atomic E-state index is 0.0732. The van der Waals surface area contributed by atoms with Crippen LogP contribution in [0.3, 0.4) is 0 Å². The third-order valence-corrected chi connectivity index (χ3v) is 9.39. The Balaban J connectivity index is 1.17. The van der Waals surface area contributed by atoms with E-state index < -0.39 is 0 Å². The fourth-order valence-corrected chi connectivity index (χ4v) is 8.47. The summed E-state index contributed by atoms with van der Waals surface area (Å²) in [6, 6.07) is 0. The Bertz CT molecular complexity index is 1060. The van der Waals surface area contributed by atoms with E-state index in [4.69, 9.17) is 56.1 Å². The van der Waals surface area contributed by atoms with Crippen molar-refractivity contribution in [3.05, 3.63) is 54.9 Å². The van der Waals surface area contributed by atoms with Crippen LogP contribution in [0.1, 0.15) is 64.2 Å². The lowest BCUT2D eigenvalue weighted by molar-refractivity contribution is 0.0427. The van der Waals surface area contributed by atoms with Crippen molar-refractivity contribution >= 4 is 57.8 Å². The monoisotopic (exact) mass is 538 g/mol. The molecule has 4 atom stereocenters. The van der Waals surface area contributed by atoms with Gasteiger partial charge in [0.15, 0.2) is 0 Å². The van der Waals surface area contributed by atoms with Crippen LogP contribution in [-0.4, -0.2) is 11.4 Å². The van der Waals surface area contributed by atoms with E-state index in [1.807, 2.05) is 0 Å². The van der Waals surface area contributed by atoms with Crippen molar-refractivity contribution in [2.75, 3.05) is 0 Å². The van der Waals surface area contributed by atoms with Crippen LogP contribution in [0.15, 0.2) is 65.3 Å². The molecule has 0 aromatic heterocycles. The van der Waals surface area contributed by atoms with Crippen LogP contribution in [0.25, 0.3) is 0 Å². The van der Waals surface area contributed by atoms with Crippen LogP contribution in [0.2, 0.25) is 0 Å². The number of allylic oxidation sites excluding steroid dienone is 6. The van der Waals surface area contributed by atoms with Crippen LogP contribution < -0.4 is 0 Å². The smallest absolute Gasteiger partial charge is 0.316 e. The highest BCUT2D eigenvalue weighted by atomic mass is 35.5. The van der Waals surface area contributed by atoms with Gasteiger partial charge in [0.2, 0.25) is 0 Å². The summed E-state index contributed by atoms with van der Waals surface area (Å²) in [6.07, 6.45) is 10.3. The molecule has 0 saturated heterocycles. The molecule has 6 aliphatic rings. The Morgan fingerprint density at radius 1 is 0.647 bits per heavy atom. The van der Waals surface area contributed by atoms with Crippen LogP contribution in [-0.2, 0) is 9.68 Å². The largest absolute Gasteiger partial charge is 0.330 e. The molecule has 2 saturated carbocycles. The van der Waals surface area contributed by atoms with Crippen molar-refractivity contribution in [2.24, 2.45) is 34.0 Å². The number of halogens is 4. The highest BCUT2D eigenvalue weighted by Gasteiger charge is 2.48. The van der Waals surface area contributed by atoms with Gasteiger partial charge in [-0.05, 0) is 93.1 Å². The summed E-state index contributed by atoms with van der Waals surface area (Å²) in [5.41, 5.74) is 9.67. The number of rotatable bonds is 4. The molecular weight excluding hydrogens is 514 g/mol. The first-order valence-corrected chi connectivity index (χ1v) is 13.7. The van der Waals surface area contributed by atoms with Gasteiger partial charge in [-0.15, -0.1) is 0 Å². The summed E-state index contributed by atoms with van der Waals surface area (Å²) >= 11 is 24.9. The second kappa shape index (κ2) is 9.03. The van der Waals surface area contributed by atoms with Crippen LogP contribution in [0, 0.1) is 23.7 Å². The molecule has 0 aromatic carbocycles. The predicted molar refractivity (Wildman–Crippen MR) is 138 cm³/mol. The van der Waals surface area contributed by atoms with Gasteiger partial charge in [-0.3, -0.25) is 0 Å². The molecule has 0 spiro atoms. The normalized spacial score (nSPS) is 33.8. The van der Waals surface area contributed by atoms with Gasteiger partial charge < -0.3 is 9.68 Å². The zero-order valence-electron chi connectivity index (χ0n) is 18.8. The fraction of sp³-hybridized carbons (Fsp3) is 0.538. The van der Waals surface area contributed by atoms with Crippen molar-refractivity contribution in [1.82, 2.24) is 0 Å². The zero-order chi connectivity index (χ0) is 23.6. The van der Waals surface area contributed by atoms with Crippen molar-refractivity contribution in [3.63, 3.8) is 0 Å². The molecule has 0 aliphatic heterocycles. The summed E-state index contributed by atoms with van der Waals surface area (Å²) in [7, 11) is 0. The lowest BCUT2D eigenvalue weighted by Gasteiger charge is -2.25. The van der Waals surface area contributed by atoms with E-state index in [1.165, 1.54) is 33.4 Å². The van der Waals surface area contributed by atoms with Gasteiger partial charge >= 0.3 is 5.95 Å².